The lowest BCUT2D eigenvalue weighted by Crippen LogP contribution is -2.72. The maximum atomic E-state index is 12.8. The van der Waals surface area contributed by atoms with Gasteiger partial charge >= 0.3 is 24.7 Å². The van der Waals surface area contributed by atoms with Crippen LogP contribution in [0.5, 0.6) is 0 Å². The summed E-state index contributed by atoms with van der Waals surface area (Å²) in [6, 6.07) is 0. The summed E-state index contributed by atoms with van der Waals surface area (Å²) in [5, 5.41) is 8.71. The second kappa shape index (κ2) is 4.55. The third kappa shape index (κ3) is 1.98. The zero-order valence-electron chi connectivity index (χ0n) is 9.68. The van der Waals surface area contributed by atoms with Crippen LogP contribution in [0.1, 0.15) is 0 Å². The fourth-order valence-electron chi connectivity index (χ4n) is 2.35. The van der Waals surface area contributed by atoms with Crippen LogP contribution < -0.4 is 0 Å². The molecule has 0 radical (unpaired) electrons. The van der Waals surface area contributed by atoms with Crippen molar-refractivity contribution in [2.75, 3.05) is 6.61 Å². The monoisotopic (exact) mass is 360 g/mol. The zero-order chi connectivity index (χ0) is 18.0. The summed E-state index contributed by atoms with van der Waals surface area (Å²) in [5.41, 5.74) is -13.0. The van der Waals surface area contributed by atoms with Crippen molar-refractivity contribution in [3.63, 3.8) is 0 Å². The van der Waals surface area contributed by atoms with E-state index in [-0.39, 0.29) is 0 Å². The van der Waals surface area contributed by atoms with Crippen molar-refractivity contribution in [2.24, 2.45) is 10.8 Å². The van der Waals surface area contributed by atoms with Gasteiger partial charge in [-0.15, -0.1) is 0 Å². The van der Waals surface area contributed by atoms with Crippen molar-refractivity contribution in [3.05, 3.63) is 0 Å². The van der Waals surface area contributed by atoms with E-state index in [1.807, 2.05) is 0 Å². The fraction of sp³-hybridized carbons (Fsp3) is 1.00. The van der Waals surface area contributed by atoms with Crippen molar-refractivity contribution < 1.29 is 62.5 Å². The summed E-state index contributed by atoms with van der Waals surface area (Å²) in [4.78, 5) is 0. The third-order valence-electron chi connectivity index (χ3n) is 3.36. The van der Waals surface area contributed by atoms with E-state index in [0.29, 0.717) is 0 Å². The van der Waals surface area contributed by atoms with Crippen molar-refractivity contribution >= 4 is 0 Å². The van der Waals surface area contributed by atoms with Crippen LogP contribution in [0.15, 0.2) is 0 Å². The van der Waals surface area contributed by atoms with E-state index in [4.69, 9.17) is 5.11 Å². The minimum Gasteiger partial charge on any atom is -0.367 e. The second-order valence-electron chi connectivity index (χ2n) is 4.37. The Balaban J connectivity index is 3.99. The Morgan fingerprint density at radius 2 is 1.00 bits per heavy atom. The Kier molecular flexibility index (Phi) is 3.96. The molecule has 1 N–H and O–H groups in total. The van der Waals surface area contributed by atoms with E-state index in [0.717, 1.165) is 0 Å². The molecule has 0 aromatic rings. The van der Waals surface area contributed by atoms with Gasteiger partial charge in [-0.3, -0.25) is 0 Å². The highest BCUT2D eigenvalue weighted by Crippen LogP contribution is 2.74. The highest BCUT2D eigenvalue weighted by molar-refractivity contribution is 5.17. The Morgan fingerprint density at radius 1 is 0.682 bits per heavy atom. The molecule has 1 unspecified atom stereocenters. The summed E-state index contributed by atoms with van der Waals surface area (Å²) < 4.78 is 156. The van der Waals surface area contributed by atoms with E-state index in [1.54, 1.807) is 0 Å². The molecule has 0 aliphatic carbocycles. The van der Waals surface area contributed by atoms with Crippen molar-refractivity contribution in [3.8, 4) is 0 Å². The minimum atomic E-state index is -7.16. The van der Waals surface area contributed by atoms with Crippen LogP contribution in [0, 0.1) is 10.8 Å². The van der Waals surface area contributed by atoms with Crippen LogP contribution in [-0.4, -0.2) is 42.7 Å². The summed E-state index contributed by atoms with van der Waals surface area (Å²) in [6.07, 6.45) is -32.9. The highest BCUT2D eigenvalue weighted by atomic mass is 19.4. The SMILES string of the molecule is OC1OCC(C(F)(F)F)(C(F)(F)F)C1(C(F)(F)F)C(F)(F)F. The van der Waals surface area contributed by atoms with Gasteiger partial charge in [-0.2, -0.15) is 52.7 Å². The van der Waals surface area contributed by atoms with E-state index in [1.165, 1.54) is 0 Å². The fourth-order valence-corrected chi connectivity index (χ4v) is 2.35. The standard InChI is InChI=1S/C8H4F12O2/c9-5(10,11)3(6(12,13)14)1-22-2(21)4(3,7(15,16)17)8(18,19)20/h2,21H,1H2. The molecule has 1 heterocycles. The molecule has 0 bridgehead atoms. The lowest BCUT2D eigenvalue weighted by molar-refractivity contribution is -0.471. The number of halogens is 12. The summed E-state index contributed by atoms with van der Waals surface area (Å²) in [7, 11) is 0. The molecule has 0 saturated carbocycles. The molecule has 0 aromatic heterocycles. The minimum absolute atomic E-state index is 3.08. The van der Waals surface area contributed by atoms with Crippen LogP contribution in [0.25, 0.3) is 0 Å². The average molecular weight is 360 g/mol. The van der Waals surface area contributed by atoms with Gasteiger partial charge in [0.25, 0.3) is 0 Å². The van der Waals surface area contributed by atoms with Crippen LogP contribution in [0.3, 0.4) is 0 Å². The molecule has 22 heavy (non-hydrogen) atoms. The molecule has 1 fully saturated rings. The Labute approximate surface area is 112 Å². The van der Waals surface area contributed by atoms with Gasteiger partial charge in [0, 0.05) is 0 Å². The Hall–Kier alpha value is -0.920. The van der Waals surface area contributed by atoms with Crippen molar-refractivity contribution in [1.82, 2.24) is 0 Å². The molecule has 1 saturated heterocycles. The number of ether oxygens (including phenoxy) is 1. The van der Waals surface area contributed by atoms with Crippen LogP contribution in [0.2, 0.25) is 0 Å². The Morgan fingerprint density at radius 3 is 1.18 bits per heavy atom. The van der Waals surface area contributed by atoms with Crippen molar-refractivity contribution in [2.45, 2.75) is 31.0 Å². The number of hydrogen-bond donors (Lipinski definition) is 1. The van der Waals surface area contributed by atoms with Crippen LogP contribution in [-0.2, 0) is 4.74 Å². The number of hydrogen-bond acceptors (Lipinski definition) is 2. The number of alkyl halides is 12. The molecule has 1 rings (SSSR count). The molecule has 1 aliphatic rings. The van der Waals surface area contributed by atoms with E-state index < -0.39 is 48.4 Å². The van der Waals surface area contributed by atoms with E-state index in [9.17, 15) is 52.7 Å². The normalized spacial score (nSPS) is 26.3. The molecular formula is C8H4F12O2. The zero-order valence-corrected chi connectivity index (χ0v) is 9.68. The van der Waals surface area contributed by atoms with Gasteiger partial charge < -0.3 is 9.84 Å². The summed E-state index contributed by atoms with van der Waals surface area (Å²) >= 11 is 0. The number of aliphatic hydroxyl groups excluding tert-OH is 1. The van der Waals surface area contributed by atoms with Gasteiger partial charge in [-0.25, -0.2) is 0 Å². The average Bonchev–Trinajstić information content (AvgIpc) is 2.49. The third-order valence-corrected chi connectivity index (χ3v) is 3.36. The Bertz CT molecular complexity index is 398. The van der Waals surface area contributed by atoms with Gasteiger partial charge in [-0.05, 0) is 0 Å². The topological polar surface area (TPSA) is 29.5 Å². The molecular weight excluding hydrogens is 356 g/mol. The lowest BCUT2D eigenvalue weighted by atomic mass is 9.62. The first kappa shape index (κ1) is 19.1. The maximum absolute atomic E-state index is 12.8. The maximum Gasteiger partial charge on any atom is 0.409 e. The van der Waals surface area contributed by atoms with Gasteiger partial charge in [0.1, 0.15) is 0 Å². The first-order chi connectivity index (χ1) is 9.38. The number of aliphatic hydroxyl groups is 1. The molecule has 132 valence electrons. The van der Waals surface area contributed by atoms with Gasteiger partial charge in [0.2, 0.25) is 10.8 Å². The largest absolute Gasteiger partial charge is 0.409 e. The van der Waals surface area contributed by atoms with Crippen LogP contribution in [0.4, 0.5) is 52.7 Å². The number of rotatable bonds is 0. The van der Waals surface area contributed by atoms with E-state index >= 15 is 0 Å². The van der Waals surface area contributed by atoms with Crippen molar-refractivity contribution in [1.29, 1.82) is 0 Å². The molecule has 2 nitrogen and oxygen atoms in total. The quantitative estimate of drug-likeness (QED) is 0.670. The smallest absolute Gasteiger partial charge is 0.367 e. The van der Waals surface area contributed by atoms with Gasteiger partial charge in [-0.1, -0.05) is 0 Å². The van der Waals surface area contributed by atoms with E-state index in [2.05, 4.69) is 4.74 Å². The lowest BCUT2D eigenvalue weighted by Gasteiger charge is -2.47. The first-order valence-corrected chi connectivity index (χ1v) is 4.94. The predicted octanol–water partition coefficient (Wildman–Crippen LogP) is 3.56. The molecule has 0 amide bonds. The molecule has 0 spiro atoms. The predicted molar refractivity (Wildman–Crippen MR) is 41.0 cm³/mol. The van der Waals surface area contributed by atoms with Gasteiger partial charge in [0.05, 0.1) is 6.61 Å². The van der Waals surface area contributed by atoms with Crippen LogP contribution >= 0.6 is 0 Å². The van der Waals surface area contributed by atoms with Gasteiger partial charge in [0.15, 0.2) is 6.29 Å². The summed E-state index contributed by atoms with van der Waals surface area (Å²) in [6.45, 7) is -3.08. The first-order valence-electron chi connectivity index (χ1n) is 4.94. The molecule has 0 aromatic carbocycles. The highest BCUT2D eigenvalue weighted by Gasteiger charge is 2.97. The molecule has 14 heteroatoms. The second-order valence-corrected chi connectivity index (χ2v) is 4.37. The molecule has 1 aliphatic heterocycles. The molecule has 1 atom stereocenters. The summed E-state index contributed by atoms with van der Waals surface area (Å²) in [5.74, 6) is 0.